The standard InChI is InChI=1S/C26H43N3O2S/c1-3-4-5-6-7-8-9-10-19-32-20-11-16-30-17-18-31-23-26-22-29(28-27-26)21-25-14-12-24(2)13-15-25/h12-15,22H,3-11,16-21,23H2,1-2H3. The Morgan fingerprint density at radius 2 is 1.50 bits per heavy atom. The molecule has 2 rings (SSSR count). The summed E-state index contributed by atoms with van der Waals surface area (Å²) in [6.45, 7) is 7.63. The second-order valence-corrected chi connectivity index (χ2v) is 9.72. The minimum absolute atomic E-state index is 0.478. The van der Waals surface area contributed by atoms with Crippen LogP contribution >= 0.6 is 11.8 Å². The molecule has 0 spiro atoms. The van der Waals surface area contributed by atoms with E-state index in [2.05, 4.69) is 60.2 Å². The Hall–Kier alpha value is -1.37. The van der Waals surface area contributed by atoms with Crippen molar-refractivity contribution in [1.29, 1.82) is 0 Å². The number of unbranched alkanes of at least 4 members (excludes halogenated alkanes) is 7. The summed E-state index contributed by atoms with van der Waals surface area (Å²) in [4.78, 5) is 0. The lowest BCUT2D eigenvalue weighted by Crippen LogP contribution is -2.06. The lowest BCUT2D eigenvalue weighted by Gasteiger charge is -2.05. The van der Waals surface area contributed by atoms with Crippen LogP contribution in [0.3, 0.4) is 0 Å². The number of benzene rings is 1. The van der Waals surface area contributed by atoms with Gasteiger partial charge in [-0.15, -0.1) is 5.10 Å². The molecule has 0 atom stereocenters. The predicted octanol–water partition coefficient (Wildman–Crippen LogP) is 6.43. The van der Waals surface area contributed by atoms with Crippen LogP contribution in [0.25, 0.3) is 0 Å². The average Bonchev–Trinajstić information content (AvgIpc) is 3.24. The third-order valence-electron chi connectivity index (χ3n) is 5.39. The number of thioether (sulfide) groups is 1. The highest BCUT2D eigenvalue weighted by atomic mass is 32.2. The largest absolute Gasteiger partial charge is 0.379 e. The molecule has 0 fully saturated rings. The minimum Gasteiger partial charge on any atom is -0.379 e. The second kappa shape index (κ2) is 18.1. The molecule has 0 saturated heterocycles. The van der Waals surface area contributed by atoms with Gasteiger partial charge in [-0.1, -0.05) is 86.9 Å². The number of rotatable bonds is 20. The Morgan fingerprint density at radius 1 is 0.812 bits per heavy atom. The molecular formula is C26H43N3O2S. The van der Waals surface area contributed by atoms with Crippen LogP contribution in [0.4, 0.5) is 0 Å². The summed E-state index contributed by atoms with van der Waals surface area (Å²) in [5.74, 6) is 2.49. The van der Waals surface area contributed by atoms with E-state index in [1.165, 1.54) is 74.0 Å². The van der Waals surface area contributed by atoms with Crippen molar-refractivity contribution in [3.63, 3.8) is 0 Å². The van der Waals surface area contributed by atoms with Crippen LogP contribution in [0.15, 0.2) is 30.5 Å². The van der Waals surface area contributed by atoms with Gasteiger partial charge in [-0.3, -0.25) is 0 Å². The molecule has 180 valence electrons. The van der Waals surface area contributed by atoms with E-state index in [-0.39, 0.29) is 0 Å². The summed E-state index contributed by atoms with van der Waals surface area (Å²) in [5.41, 5.74) is 3.34. The van der Waals surface area contributed by atoms with E-state index in [0.717, 1.165) is 25.3 Å². The van der Waals surface area contributed by atoms with Crippen molar-refractivity contribution in [1.82, 2.24) is 15.0 Å². The lowest BCUT2D eigenvalue weighted by atomic mass is 10.1. The van der Waals surface area contributed by atoms with E-state index in [4.69, 9.17) is 9.47 Å². The van der Waals surface area contributed by atoms with Crippen molar-refractivity contribution in [3.8, 4) is 0 Å². The summed E-state index contributed by atoms with van der Waals surface area (Å²) < 4.78 is 13.2. The Bertz CT molecular complexity index is 691. The van der Waals surface area contributed by atoms with E-state index in [9.17, 15) is 0 Å². The van der Waals surface area contributed by atoms with Gasteiger partial charge in [0.2, 0.25) is 0 Å². The van der Waals surface area contributed by atoms with Crippen LogP contribution in [-0.2, 0) is 22.6 Å². The fraction of sp³-hybridized carbons (Fsp3) is 0.692. The quantitative estimate of drug-likeness (QED) is 0.213. The van der Waals surface area contributed by atoms with Crippen molar-refractivity contribution in [2.75, 3.05) is 31.3 Å². The lowest BCUT2D eigenvalue weighted by molar-refractivity contribution is 0.0399. The molecule has 0 aliphatic carbocycles. The van der Waals surface area contributed by atoms with Crippen LogP contribution in [0.5, 0.6) is 0 Å². The SMILES string of the molecule is CCCCCCCCCCSCCCOCCOCc1cn(Cc2ccc(C)cc2)nn1. The summed E-state index contributed by atoms with van der Waals surface area (Å²) in [6.07, 6.45) is 14.3. The zero-order valence-electron chi connectivity index (χ0n) is 20.3. The molecule has 0 aliphatic rings. The van der Waals surface area contributed by atoms with Crippen LogP contribution in [-0.4, -0.2) is 46.3 Å². The van der Waals surface area contributed by atoms with E-state index < -0.39 is 0 Å². The van der Waals surface area contributed by atoms with Gasteiger partial charge in [0.05, 0.1) is 32.6 Å². The van der Waals surface area contributed by atoms with Gasteiger partial charge in [0.25, 0.3) is 0 Å². The number of aromatic nitrogens is 3. The van der Waals surface area contributed by atoms with Gasteiger partial charge < -0.3 is 9.47 Å². The predicted molar refractivity (Wildman–Crippen MR) is 135 cm³/mol. The van der Waals surface area contributed by atoms with Crippen molar-refractivity contribution in [3.05, 3.63) is 47.3 Å². The van der Waals surface area contributed by atoms with Crippen molar-refractivity contribution >= 4 is 11.8 Å². The second-order valence-electron chi connectivity index (χ2n) is 8.50. The molecule has 0 unspecified atom stereocenters. The fourth-order valence-electron chi connectivity index (χ4n) is 3.46. The molecule has 6 heteroatoms. The third kappa shape index (κ3) is 13.2. The van der Waals surface area contributed by atoms with E-state index >= 15 is 0 Å². The first-order valence-corrected chi connectivity index (χ1v) is 13.6. The minimum atomic E-state index is 0.478. The summed E-state index contributed by atoms with van der Waals surface area (Å²) >= 11 is 2.07. The van der Waals surface area contributed by atoms with E-state index in [0.29, 0.717) is 19.8 Å². The molecule has 32 heavy (non-hydrogen) atoms. The number of aryl methyl sites for hydroxylation is 1. The molecule has 0 radical (unpaired) electrons. The highest BCUT2D eigenvalue weighted by molar-refractivity contribution is 7.99. The van der Waals surface area contributed by atoms with Crippen molar-refractivity contribution in [2.24, 2.45) is 0 Å². The van der Waals surface area contributed by atoms with Gasteiger partial charge in [0.15, 0.2) is 0 Å². The van der Waals surface area contributed by atoms with Crippen LogP contribution < -0.4 is 0 Å². The maximum absolute atomic E-state index is 5.68. The highest BCUT2D eigenvalue weighted by Gasteiger charge is 2.02. The van der Waals surface area contributed by atoms with Gasteiger partial charge in [-0.25, -0.2) is 4.68 Å². The van der Waals surface area contributed by atoms with Gasteiger partial charge in [0.1, 0.15) is 5.69 Å². The normalized spacial score (nSPS) is 11.3. The monoisotopic (exact) mass is 461 g/mol. The van der Waals surface area contributed by atoms with Crippen LogP contribution in [0.1, 0.15) is 81.5 Å². The van der Waals surface area contributed by atoms with Gasteiger partial charge in [0, 0.05) is 6.61 Å². The van der Waals surface area contributed by atoms with Gasteiger partial charge in [-0.05, 0) is 36.8 Å². The van der Waals surface area contributed by atoms with E-state index in [1.54, 1.807) is 0 Å². The molecule has 1 aromatic carbocycles. The molecule has 5 nitrogen and oxygen atoms in total. The zero-order chi connectivity index (χ0) is 22.7. The average molecular weight is 462 g/mol. The Morgan fingerprint density at radius 3 is 2.28 bits per heavy atom. The maximum atomic E-state index is 5.68. The summed E-state index contributed by atoms with van der Waals surface area (Å²) in [7, 11) is 0. The van der Waals surface area contributed by atoms with Gasteiger partial charge >= 0.3 is 0 Å². The Kier molecular flexibility index (Phi) is 15.2. The molecule has 0 saturated carbocycles. The molecule has 1 aromatic heterocycles. The van der Waals surface area contributed by atoms with E-state index in [1.807, 2.05) is 10.9 Å². The van der Waals surface area contributed by atoms with Gasteiger partial charge in [-0.2, -0.15) is 11.8 Å². The van der Waals surface area contributed by atoms with Crippen LogP contribution in [0.2, 0.25) is 0 Å². The number of ether oxygens (including phenoxy) is 2. The molecule has 1 heterocycles. The fourth-order valence-corrected chi connectivity index (χ4v) is 4.40. The summed E-state index contributed by atoms with van der Waals surface area (Å²) in [6, 6.07) is 8.48. The first kappa shape index (κ1) is 26.9. The van der Waals surface area contributed by atoms with Crippen LogP contribution in [0, 0.1) is 6.92 Å². The molecule has 0 amide bonds. The molecular weight excluding hydrogens is 418 g/mol. The molecule has 2 aromatic rings. The first-order valence-electron chi connectivity index (χ1n) is 12.5. The molecule has 0 bridgehead atoms. The maximum Gasteiger partial charge on any atom is 0.108 e. The Labute approximate surface area is 199 Å². The summed E-state index contributed by atoms with van der Waals surface area (Å²) in [5, 5.41) is 8.37. The number of nitrogens with zero attached hydrogens (tertiary/aromatic N) is 3. The topological polar surface area (TPSA) is 49.2 Å². The van der Waals surface area contributed by atoms with Crippen molar-refractivity contribution < 1.29 is 9.47 Å². The Balaban J connectivity index is 1.35. The first-order chi connectivity index (χ1) is 15.8. The smallest absolute Gasteiger partial charge is 0.108 e. The zero-order valence-corrected chi connectivity index (χ0v) is 21.1. The highest BCUT2D eigenvalue weighted by Crippen LogP contribution is 2.12. The molecule has 0 aliphatic heterocycles. The third-order valence-corrected chi connectivity index (χ3v) is 6.55. The number of hydrogen-bond donors (Lipinski definition) is 0. The number of hydrogen-bond acceptors (Lipinski definition) is 5. The van der Waals surface area contributed by atoms with Crippen molar-refractivity contribution in [2.45, 2.75) is 84.8 Å². The molecule has 0 N–H and O–H groups in total.